The van der Waals surface area contributed by atoms with Crippen LogP contribution in [0.4, 0.5) is 11.4 Å². The summed E-state index contributed by atoms with van der Waals surface area (Å²) in [6.45, 7) is 3.56. The molecule has 0 aromatic heterocycles. The van der Waals surface area contributed by atoms with Crippen LogP contribution in [0.5, 0.6) is 5.75 Å². The molecule has 28 heavy (non-hydrogen) atoms. The van der Waals surface area contributed by atoms with Crippen LogP contribution in [-0.4, -0.2) is 36.7 Å². The molecule has 1 amide bonds. The number of hydrogen-bond donors (Lipinski definition) is 1. The van der Waals surface area contributed by atoms with E-state index in [9.17, 15) is 14.9 Å². The molecule has 0 aliphatic carbocycles. The summed E-state index contributed by atoms with van der Waals surface area (Å²) < 4.78 is 5.42. The predicted molar refractivity (Wildman–Crippen MR) is 107 cm³/mol. The highest BCUT2D eigenvalue weighted by molar-refractivity contribution is 5.90. The van der Waals surface area contributed by atoms with Crippen molar-refractivity contribution in [3.63, 3.8) is 0 Å². The molecule has 0 bridgehead atoms. The van der Waals surface area contributed by atoms with Crippen molar-refractivity contribution in [1.29, 1.82) is 0 Å². The van der Waals surface area contributed by atoms with Crippen molar-refractivity contribution in [3.8, 4) is 5.75 Å². The van der Waals surface area contributed by atoms with Crippen LogP contribution in [-0.2, 0) is 4.79 Å². The quantitative estimate of drug-likeness (QED) is 0.451. The Balaban J connectivity index is 1.64. The number of nitro benzene ring substituents is 1. The lowest BCUT2D eigenvalue weighted by atomic mass is 10.1. The number of nitrogens with one attached hydrogen (secondary N) is 1. The van der Waals surface area contributed by atoms with Gasteiger partial charge in [-0.1, -0.05) is 12.1 Å². The number of anilines is 1. The van der Waals surface area contributed by atoms with Crippen molar-refractivity contribution in [2.45, 2.75) is 19.8 Å². The van der Waals surface area contributed by atoms with Gasteiger partial charge >= 0.3 is 0 Å². The summed E-state index contributed by atoms with van der Waals surface area (Å²) in [5.41, 5.74) is 4.89. The summed E-state index contributed by atoms with van der Waals surface area (Å²) in [6.07, 6.45) is 3.60. The maximum absolute atomic E-state index is 11.9. The van der Waals surface area contributed by atoms with Crippen LogP contribution in [0.15, 0.2) is 47.6 Å². The van der Waals surface area contributed by atoms with Gasteiger partial charge in [-0.3, -0.25) is 14.9 Å². The maximum Gasteiger partial charge on any atom is 0.277 e. The molecule has 2 aromatic rings. The first-order chi connectivity index (χ1) is 13.5. The van der Waals surface area contributed by atoms with Crippen molar-refractivity contribution in [3.05, 3.63) is 63.7 Å². The van der Waals surface area contributed by atoms with Gasteiger partial charge in [0, 0.05) is 36.5 Å². The molecule has 0 unspecified atom stereocenters. The van der Waals surface area contributed by atoms with Gasteiger partial charge in [0.25, 0.3) is 11.6 Å². The first-order valence-electron chi connectivity index (χ1n) is 9.08. The molecule has 3 rings (SSSR count). The van der Waals surface area contributed by atoms with Crippen LogP contribution < -0.4 is 15.1 Å². The van der Waals surface area contributed by atoms with Crippen LogP contribution in [0, 0.1) is 17.0 Å². The molecule has 1 aliphatic heterocycles. The Morgan fingerprint density at radius 1 is 1.29 bits per heavy atom. The molecule has 1 heterocycles. The topological polar surface area (TPSA) is 97.1 Å². The molecule has 0 atom stereocenters. The Labute approximate surface area is 163 Å². The Bertz CT molecular complexity index is 892. The third-order valence-electron chi connectivity index (χ3n) is 4.42. The summed E-state index contributed by atoms with van der Waals surface area (Å²) in [5, 5.41) is 15.0. The van der Waals surface area contributed by atoms with Gasteiger partial charge in [0.15, 0.2) is 6.61 Å². The van der Waals surface area contributed by atoms with Gasteiger partial charge in [-0.25, -0.2) is 5.43 Å². The van der Waals surface area contributed by atoms with Gasteiger partial charge in [0.05, 0.1) is 11.1 Å². The van der Waals surface area contributed by atoms with Gasteiger partial charge < -0.3 is 9.64 Å². The summed E-state index contributed by atoms with van der Waals surface area (Å²) in [7, 11) is 0. The van der Waals surface area contributed by atoms with E-state index in [1.807, 2.05) is 25.1 Å². The number of hydrogen-bond acceptors (Lipinski definition) is 6. The lowest BCUT2D eigenvalue weighted by Crippen LogP contribution is -2.25. The third kappa shape index (κ3) is 5.06. The molecular formula is C20H22N4O4. The summed E-state index contributed by atoms with van der Waals surface area (Å²) in [4.78, 5) is 24.7. The lowest BCUT2D eigenvalue weighted by molar-refractivity contribution is -0.384. The number of ether oxygens (including phenoxy) is 1. The first-order valence-corrected chi connectivity index (χ1v) is 9.08. The van der Waals surface area contributed by atoms with Crippen LogP contribution in [0.3, 0.4) is 0 Å². The number of nitrogens with zero attached hydrogens (tertiary/aromatic N) is 3. The monoisotopic (exact) mass is 382 g/mol. The zero-order valence-electron chi connectivity index (χ0n) is 15.6. The van der Waals surface area contributed by atoms with Gasteiger partial charge in [-0.05, 0) is 43.5 Å². The van der Waals surface area contributed by atoms with E-state index >= 15 is 0 Å². The molecule has 1 N–H and O–H groups in total. The molecule has 8 heteroatoms. The van der Waals surface area contributed by atoms with Gasteiger partial charge in [-0.2, -0.15) is 5.10 Å². The van der Waals surface area contributed by atoms with Crippen LogP contribution in [0.25, 0.3) is 0 Å². The summed E-state index contributed by atoms with van der Waals surface area (Å²) >= 11 is 0. The largest absolute Gasteiger partial charge is 0.484 e. The molecule has 1 fully saturated rings. The number of carbonyl (C=O) groups is 1. The fourth-order valence-electron chi connectivity index (χ4n) is 3.06. The van der Waals surface area contributed by atoms with E-state index in [2.05, 4.69) is 15.4 Å². The summed E-state index contributed by atoms with van der Waals surface area (Å²) in [6, 6.07) is 12.1. The zero-order valence-corrected chi connectivity index (χ0v) is 15.6. The second-order valence-corrected chi connectivity index (χ2v) is 6.59. The van der Waals surface area contributed by atoms with E-state index in [0.717, 1.165) is 37.2 Å². The minimum Gasteiger partial charge on any atom is -0.484 e. The van der Waals surface area contributed by atoms with Crippen molar-refractivity contribution >= 4 is 23.5 Å². The van der Waals surface area contributed by atoms with E-state index in [1.54, 1.807) is 12.1 Å². The minimum absolute atomic E-state index is 0.0153. The molecule has 2 aromatic carbocycles. The number of hydrazone groups is 1. The van der Waals surface area contributed by atoms with Crippen molar-refractivity contribution < 1.29 is 14.5 Å². The molecule has 0 radical (unpaired) electrons. The van der Waals surface area contributed by atoms with Crippen molar-refractivity contribution in [1.82, 2.24) is 5.43 Å². The van der Waals surface area contributed by atoms with Gasteiger partial charge in [0.2, 0.25) is 0 Å². The first kappa shape index (κ1) is 19.3. The lowest BCUT2D eigenvalue weighted by Gasteiger charge is -2.19. The highest BCUT2D eigenvalue weighted by Gasteiger charge is 2.17. The Hall–Kier alpha value is -3.42. The number of benzene rings is 2. The smallest absolute Gasteiger partial charge is 0.277 e. The number of aryl methyl sites for hydroxylation is 1. The molecule has 146 valence electrons. The molecular weight excluding hydrogens is 360 g/mol. The highest BCUT2D eigenvalue weighted by atomic mass is 16.6. The number of rotatable bonds is 7. The normalized spacial score (nSPS) is 13.7. The SMILES string of the molecule is Cc1cccc(OCC(=O)NN=Cc2cc([N+](=O)[O-])ccc2N2CCCC2)c1. The third-order valence-corrected chi connectivity index (χ3v) is 4.42. The highest BCUT2D eigenvalue weighted by Crippen LogP contribution is 2.27. The predicted octanol–water partition coefficient (Wildman–Crippen LogP) is 3.03. The van der Waals surface area contributed by atoms with E-state index in [1.165, 1.54) is 18.3 Å². The van der Waals surface area contributed by atoms with Crippen molar-refractivity contribution in [2.24, 2.45) is 5.10 Å². The number of amides is 1. The molecule has 1 aliphatic rings. The second kappa shape index (κ2) is 8.98. The summed E-state index contributed by atoms with van der Waals surface area (Å²) in [5.74, 6) is 0.194. The fourth-order valence-corrected chi connectivity index (χ4v) is 3.06. The van der Waals surface area contributed by atoms with E-state index in [4.69, 9.17) is 4.74 Å². The second-order valence-electron chi connectivity index (χ2n) is 6.59. The average Bonchev–Trinajstić information content (AvgIpc) is 3.21. The van der Waals surface area contributed by atoms with E-state index in [-0.39, 0.29) is 12.3 Å². The Morgan fingerprint density at radius 2 is 2.07 bits per heavy atom. The van der Waals surface area contributed by atoms with Crippen LogP contribution >= 0.6 is 0 Å². The van der Waals surface area contributed by atoms with Crippen LogP contribution in [0.1, 0.15) is 24.0 Å². The minimum atomic E-state index is -0.445. The van der Waals surface area contributed by atoms with Crippen molar-refractivity contribution in [2.75, 3.05) is 24.6 Å². The number of carbonyl (C=O) groups excluding carboxylic acids is 1. The molecule has 0 saturated carbocycles. The van der Waals surface area contributed by atoms with E-state index in [0.29, 0.717) is 11.3 Å². The molecule has 1 saturated heterocycles. The van der Waals surface area contributed by atoms with E-state index < -0.39 is 10.8 Å². The number of non-ortho nitro benzene ring substituents is 1. The average molecular weight is 382 g/mol. The van der Waals surface area contributed by atoms with Crippen LogP contribution in [0.2, 0.25) is 0 Å². The van der Waals surface area contributed by atoms with Gasteiger partial charge in [0.1, 0.15) is 5.75 Å². The number of nitro groups is 1. The Morgan fingerprint density at radius 3 is 2.79 bits per heavy atom. The van der Waals surface area contributed by atoms with Gasteiger partial charge in [-0.15, -0.1) is 0 Å². The maximum atomic E-state index is 11.9. The molecule has 0 spiro atoms. The molecule has 8 nitrogen and oxygen atoms in total. The standard InChI is InChI=1S/C20H22N4O4/c1-15-5-4-6-18(11-15)28-14-20(25)22-21-13-16-12-17(24(26)27)7-8-19(16)23-9-2-3-10-23/h4-8,11-13H,2-3,9-10,14H2,1H3,(H,22,25). The Kier molecular flexibility index (Phi) is 6.21. The fraction of sp³-hybridized carbons (Fsp3) is 0.300. The zero-order chi connectivity index (χ0) is 19.9.